The first-order chi connectivity index (χ1) is 31.6. The lowest BCUT2D eigenvalue weighted by Gasteiger charge is -2.09. The van der Waals surface area contributed by atoms with Crippen LogP contribution in [0.4, 0.5) is 9.59 Å². The van der Waals surface area contributed by atoms with Gasteiger partial charge in [-0.15, -0.1) is 0 Å². The van der Waals surface area contributed by atoms with Gasteiger partial charge in [0.25, 0.3) is 0 Å². The number of carbonyl (C=O) groups is 6. The number of esters is 4. The summed E-state index contributed by atoms with van der Waals surface area (Å²) < 4.78 is 62.2. The number of hydrogen-bond acceptors (Lipinski definition) is 18. The van der Waals surface area contributed by atoms with E-state index in [0.717, 1.165) is 34.4 Å². The van der Waals surface area contributed by atoms with E-state index in [1.165, 1.54) is 48.5 Å². The first-order valence-corrected chi connectivity index (χ1v) is 20.1. The van der Waals surface area contributed by atoms with Crippen LogP contribution in [0.5, 0.6) is 23.0 Å². The molecular weight excluding hydrogens is 852 g/mol. The van der Waals surface area contributed by atoms with E-state index in [4.69, 9.17) is 56.8 Å². The lowest BCUT2D eigenvalue weighted by molar-refractivity contribution is -0.140. The second kappa shape index (κ2) is 26.3. The summed E-state index contributed by atoms with van der Waals surface area (Å²) in [6, 6.07) is 22.2. The number of fused-ring (bicyclic) bond motifs is 3. The monoisotopic (exact) mass is 898 g/mol. The Labute approximate surface area is 373 Å². The maximum atomic E-state index is 13.0. The van der Waals surface area contributed by atoms with Crippen LogP contribution < -0.4 is 18.9 Å². The molecule has 342 valence electrons. The number of ether oxygens (including phenoxy) is 12. The zero-order valence-electron chi connectivity index (χ0n) is 35.2. The van der Waals surface area contributed by atoms with Crippen LogP contribution in [0, 0.1) is 0 Å². The summed E-state index contributed by atoms with van der Waals surface area (Å²) in [7, 11) is 0. The van der Waals surface area contributed by atoms with Gasteiger partial charge in [-0.1, -0.05) is 25.3 Å². The number of benzene rings is 4. The van der Waals surface area contributed by atoms with E-state index >= 15 is 0 Å². The van der Waals surface area contributed by atoms with Gasteiger partial charge in [-0.05, 0) is 101 Å². The van der Waals surface area contributed by atoms with Crippen molar-refractivity contribution >= 4 is 36.2 Å². The molecule has 0 heterocycles. The summed E-state index contributed by atoms with van der Waals surface area (Å²) in [5, 5.41) is 0. The zero-order chi connectivity index (χ0) is 46.2. The van der Waals surface area contributed by atoms with Gasteiger partial charge in [0.15, 0.2) is 0 Å². The number of carbonyl (C=O) groups excluding carboxylic acids is 6. The number of rotatable bonds is 26. The SMILES string of the molecule is C=CC(=O)OCCOCCOCCOC(=O)Oc1ccc(C(=O)Oc2ccc3c(c2)Cc2cc(OC(=O)c4ccc(OC(=O)OCCOCCOCCOC(=O)C=C)cc4)ccc2-3)cc1. The van der Waals surface area contributed by atoms with Gasteiger partial charge in [0.05, 0.1) is 64.0 Å². The first-order valence-electron chi connectivity index (χ1n) is 20.1. The molecule has 1 aliphatic carbocycles. The van der Waals surface area contributed by atoms with E-state index in [1.54, 1.807) is 24.3 Å². The molecule has 18 heteroatoms. The van der Waals surface area contributed by atoms with Gasteiger partial charge in [-0.2, -0.15) is 0 Å². The third-order valence-corrected chi connectivity index (χ3v) is 8.74. The van der Waals surface area contributed by atoms with Crippen LogP contribution in [0.3, 0.4) is 0 Å². The fraction of sp³-hybridized carbons (Fsp3) is 0.277. The molecule has 0 amide bonds. The molecule has 0 unspecified atom stereocenters. The first kappa shape index (κ1) is 48.6. The van der Waals surface area contributed by atoms with Gasteiger partial charge < -0.3 is 56.8 Å². The minimum absolute atomic E-state index is 0.0585. The lowest BCUT2D eigenvalue weighted by atomic mass is 10.1. The van der Waals surface area contributed by atoms with Gasteiger partial charge >= 0.3 is 36.2 Å². The average molecular weight is 899 g/mol. The Bertz CT molecular complexity index is 2110. The minimum atomic E-state index is -0.948. The molecule has 1 aliphatic rings. The predicted octanol–water partition coefficient (Wildman–Crippen LogP) is 6.25. The fourth-order valence-electron chi connectivity index (χ4n) is 5.72. The van der Waals surface area contributed by atoms with Crippen molar-refractivity contribution < 1.29 is 85.6 Å². The molecule has 5 rings (SSSR count). The highest BCUT2D eigenvalue weighted by Crippen LogP contribution is 2.40. The highest BCUT2D eigenvalue weighted by atomic mass is 16.7. The molecule has 65 heavy (non-hydrogen) atoms. The largest absolute Gasteiger partial charge is 0.513 e. The van der Waals surface area contributed by atoms with Crippen LogP contribution in [-0.4, -0.2) is 115 Å². The Balaban J connectivity index is 0.974. The summed E-state index contributed by atoms with van der Waals surface area (Å²) >= 11 is 0. The van der Waals surface area contributed by atoms with Crippen molar-refractivity contribution in [2.75, 3.05) is 79.3 Å². The maximum Gasteiger partial charge on any atom is 0.513 e. The van der Waals surface area contributed by atoms with E-state index < -0.39 is 36.2 Å². The normalized spacial score (nSPS) is 11.0. The Morgan fingerprint density at radius 2 is 0.723 bits per heavy atom. The molecule has 0 fully saturated rings. The Morgan fingerprint density at radius 1 is 0.400 bits per heavy atom. The van der Waals surface area contributed by atoms with Crippen molar-refractivity contribution in [3.8, 4) is 34.1 Å². The Hall–Kier alpha value is -7.38. The summed E-state index contributed by atoms with van der Waals surface area (Å²) in [5.41, 5.74) is 4.16. The molecule has 0 saturated carbocycles. The Morgan fingerprint density at radius 3 is 1.08 bits per heavy atom. The van der Waals surface area contributed by atoms with Gasteiger partial charge in [0, 0.05) is 12.2 Å². The standard InChI is InChI=1S/C47H46O18/c1-3-42(48)58-25-21-54-17-19-56-23-27-60-46(52)64-36-9-5-32(6-10-36)44(50)62-38-13-15-40-34(30-38)29-35-31-39(14-16-41(35)40)63-45(51)33-7-11-37(12-8-33)65-47(53)61-28-24-57-20-18-55-22-26-59-43(49)4-2/h3-16,30-31H,1-2,17-29H2. The second-order valence-corrected chi connectivity index (χ2v) is 13.2. The van der Waals surface area contributed by atoms with Gasteiger partial charge in [0.2, 0.25) is 0 Å². The zero-order valence-corrected chi connectivity index (χ0v) is 35.2. The van der Waals surface area contributed by atoms with Gasteiger partial charge in [0.1, 0.15) is 49.4 Å². The second-order valence-electron chi connectivity index (χ2n) is 13.2. The van der Waals surface area contributed by atoms with E-state index in [0.29, 0.717) is 17.9 Å². The highest BCUT2D eigenvalue weighted by molar-refractivity contribution is 5.92. The average Bonchev–Trinajstić information content (AvgIpc) is 3.67. The quantitative estimate of drug-likeness (QED) is 0.0150. The van der Waals surface area contributed by atoms with Crippen molar-refractivity contribution in [2.45, 2.75) is 6.42 Å². The molecule has 0 atom stereocenters. The third-order valence-electron chi connectivity index (χ3n) is 8.74. The summed E-state index contributed by atoms with van der Waals surface area (Å²) in [4.78, 5) is 71.9. The molecule has 0 radical (unpaired) electrons. The van der Waals surface area contributed by atoms with Crippen LogP contribution in [0.2, 0.25) is 0 Å². The van der Waals surface area contributed by atoms with Crippen LogP contribution in [0.15, 0.2) is 110 Å². The van der Waals surface area contributed by atoms with Crippen LogP contribution in [-0.2, 0) is 53.9 Å². The molecular formula is C47H46O18. The highest BCUT2D eigenvalue weighted by Gasteiger charge is 2.22. The fourth-order valence-corrected chi connectivity index (χ4v) is 5.72. The molecule has 0 aromatic heterocycles. The molecule has 0 aliphatic heterocycles. The van der Waals surface area contributed by atoms with E-state index in [9.17, 15) is 28.8 Å². The van der Waals surface area contributed by atoms with Crippen molar-refractivity contribution in [2.24, 2.45) is 0 Å². The van der Waals surface area contributed by atoms with Crippen molar-refractivity contribution in [3.05, 3.63) is 132 Å². The lowest BCUT2D eigenvalue weighted by Crippen LogP contribution is -2.16. The third kappa shape index (κ3) is 16.7. The molecule has 0 spiro atoms. The summed E-state index contributed by atoms with van der Waals surface area (Å²) in [6.07, 6.45) is 0.732. The van der Waals surface area contributed by atoms with Gasteiger partial charge in [-0.25, -0.2) is 28.8 Å². The molecule has 0 saturated heterocycles. The van der Waals surface area contributed by atoms with E-state index in [-0.39, 0.29) is 102 Å². The summed E-state index contributed by atoms with van der Waals surface area (Å²) in [6.45, 7) is 8.32. The minimum Gasteiger partial charge on any atom is -0.460 e. The molecule has 4 aromatic carbocycles. The summed E-state index contributed by atoms with van der Waals surface area (Å²) in [5.74, 6) is -1.32. The predicted molar refractivity (Wildman–Crippen MR) is 227 cm³/mol. The van der Waals surface area contributed by atoms with E-state index in [1.807, 2.05) is 12.1 Å². The smallest absolute Gasteiger partial charge is 0.460 e. The van der Waals surface area contributed by atoms with Crippen molar-refractivity contribution in [1.29, 1.82) is 0 Å². The van der Waals surface area contributed by atoms with E-state index in [2.05, 4.69) is 13.2 Å². The van der Waals surface area contributed by atoms with Crippen molar-refractivity contribution in [1.82, 2.24) is 0 Å². The molecule has 4 aromatic rings. The van der Waals surface area contributed by atoms with Gasteiger partial charge in [-0.3, -0.25) is 0 Å². The number of hydrogen-bond donors (Lipinski definition) is 0. The maximum absolute atomic E-state index is 13.0. The molecule has 0 N–H and O–H groups in total. The van der Waals surface area contributed by atoms with Crippen LogP contribution >= 0.6 is 0 Å². The van der Waals surface area contributed by atoms with Crippen LogP contribution in [0.25, 0.3) is 11.1 Å². The van der Waals surface area contributed by atoms with Crippen molar-refractivity contribution in [3.63, 3.8) is 0 Å². The molecule has 18 nitrogen and oxygen atoms in total. The molecule has 0 bridgehead atoms. The topological polar surface area (TPSA) is 213 Å². The van der Waals surface area contributed by atoms with Crippen LogP contribution in [0.1, 0.15) is 31.8 Å². The Kier molecular flexibility index (Phi) is 19.7.